The van der Waals surface area contributed by atoms with Gasteiger partial charge in [0.1, 0.15) is 6.04 Å². The second kappa shape index (κ2) is 4.33. The molecule has 0 aliphatic heterocycles. The van der Waals surface area contributed by atoms with Gasteiger partial charge in [-0.15, -0.1) is 0 Å². The minimum absolute atomic E-state index is 0.135. The molecule has 0 heterocycles. The van der Waals surface area contributed by atoms with Gasteiger partial charge in [-0.2, -0.15) is 0 Å². The van der Waals surface area contributed by atoms with E-state index in [4.69, 9.17) is 5.11 Å². The number of carboxylic acid groups (broad SMARTS) is 1. The number of rotatable bonds is 6. The summed E-state index contributed by atoms with van der Waals surface area (Å²) < 4.78 is 25.2. The molecule has 1 saturated carbocycles. The molecule has 0 bridgehead atoms. The zero-order valence-electron chi connectivity index (χ0n) is 9.86. The van der Waals surface area contributed by atoms with E-state index in [-0.39, 0.29) is 5.92 Å². The summed E-state index contributed by atoms with van der Waals surface area (Å²) in [7, 11) is -3.51. The van der Waals surface area contributed by atoms with Gasteiger partial charge >= 0.3 is 5.97 Å². The van der Waals surface area contributed by atoms with Crippen molar-refractivity contribution in [2.24, 2.45) is 5.92 Å². The molecule has 6 heteroatoms. The predicted octanol–water partition coefficient (Wildman–Crippen LogP) is 0.958. The summed E-state index contributed by atoms with van der Waals surface area (Å²) in [6.07, 6.45) is 1.53. The summed E-state index contributed by atoms with van der Waals surface area (Å²) in [4.78, 5) is 10.9. The Bertz CT molecular complexity index is 370. The molecule has 1 rings (SSSR count). The van der Waals surface area contributed by atoms with E-state index in [9.17, 15) is 13.2 Å². The van der Waals surface area contributed by atoms with Crippen LogP contribution in [0.2, 0.25) is 0 Å². The first-order valence-electron chi connectivity index (χ1n) is 5.42. The summed E-state index contributed by atoms with van der Waals surface area (Å²) >= 11 is 0. The quantitative estimate of drug-likeness (QED) is 0.734. The van der Waals surface area contributed by atoms with Gasteiger partial charge in [0.25, 0.3) is 0 Å². The number of nitrogens with one attached hydrogen (secondary N) is 1. The van der Waals surface area contributed by atoms with E-state index in [1.807, 2.05) is 13.8 Å². The molecular formula is C10H19NO4S. The summed E-state index contributed by atoms with van der Waals surface area (Å²) in [5.41, 5.74) is 0. The molecule has 0 aromatic rings. The smallest absolute Gasteiger partial charge is 0.321 e. The third-order valence-electron chi connectivity index (χ3n) is 2.91. The summed E-state index contributed by atoms with van der Waals surface area (Å²) in [5.74, 6) is -0.975. The van der Waals surface area contributed by atoms with Gasteiger partial charge in [0.05, 0.1) is 4.75 Å². The molecular weight excluding hydrogens is 230 g/mol. The molecule has 1 fully saturated rings. The molecule has 1 atom stereocenters. The molecule has 0 saturated heterocycles. The lowest BCUT2D eigenvalue weighted by molar-refractivity contribution is -0.139. The van der Waals surface area contributed by atoms with Gasteiger partial charge in [0.2, 0.25) is 10.0 Å². The number of aliphatic carboxylic acids is 1. The average molecular weight is 249 g/mol. The molecule has 0 aromatic heterocycles. The van der Waals surface area contributed by atoms with E-state index >= 15 is 0 Å². The van der Waals surface area contributed by atoms with Crippen molar-refractivity contribution in [3.63, 3.8) is 0 Å². The Balaban J connectivity index is 2.72. The van der Waals surface area contributed by atoms with E-state index in [1.54, 1.807) is 6.92 Å². The SMILES string of the molecule is CC(C)CC(NS(=O)(=O)C1(C)CC1)C(=O)O. The van der Waals surface area contributed by atoms with Crippen LogP contribution < -0.4 is 4.72 Å². The minimum Gasteiger partial charge on any atom is -0.480 e. The Morgan fingerprint density at radius 1 is 1.44 bits per heavy atom. The van der Waals surface area contributed by atoms with Gasteiger partial charge in [-0.25, -0.2) is 13.1 Å². The highest BCUT2D eigenvalue weighted by molar-refractivity contribution is 7.91. The Morgan fingerprint density at radius 3 is 2.25 bits per heavy atom. The fraction of sp³-hybridized carbons (Fsp3) is 0.900. The predicted molar refractivity (Wildman–Crippen MR) is 60.6 cm³/mol. The number of sulfonamides is 1. The Kier molecular flexibility index (Phi) is 3.64. The van der Waals surface area contributed by atoms with E-state index in [1.165, 1.54) is 0 Å². The second-order valence-electron chi connectivity index (χ2n) is 5.09. The van der Waals surface area contributed by atoms with Crippen molar-refractivity contribution in [3.8, 4) is 0 Å². The van der Waals surface area contributed by atoms with Crippen LogP contribution in [0.3, 0.4) is 0 Å². The fourth-order valence-corrected chi connectivity index (χ4v) is 2.94. The maximum absolute atomic E-state index is 11.8. The van der Waals surface area contributed by atoms with Crippen LogP contribution in [-0.2, 0) is 14.8 Å². The van der Waals surface area contributed by atoms with Crippen LogP contribution >= 0.6 is 0 Å². The molecule has 5 nitrogen and oxygen atoms in total. The second-order valence-corrected chi connectivity index (χ2v) is 7.32. The van der Waals surface area contributed by atoms with Crippen LogP contribution in [0.25, 0.3) is 0 Å². The van der Waals surface area contributed by atoms with Gasteiger partial charge in [-0.1, -0.05) is 13.8 Å². The van der Waals surface area contributed by atoms with Gasteiger partial charge in [-0.3, -0.25) is 4.79 Å². The summed E-state index contributed by atoms with van der Waals surface area (Å²) in [6, 6.07) is -1.01. The van der Waals surface area contributed by atoms with Crippen LogP contribution in [0.5, 0.6) is 0 Å². The Hall–Kier alpha value is -0.620. The number of carbonyl (C=O) groups is 1. The highest BCUT2D eigenvalue weighted by Crippen LogP contribution is 2.42. The van der Waals surface area contributed by atoms with Crippen molar-refractivity contribution in [1.82, 2.24) is 4.72 Å². The highest BCUT2D eigenvalue weighted by atomic mass is 32.2. The largest absolute Gasteiger partial charge is 0.480 e. The van der Waals surface area contributed by atoms with E-state index < -0.39 is 26.8 Å². The topological polar surface area (TPSA) is 83.5 Å². The molecule has 0 amide bonds. The van der Waals surface area contributed by atoms with Crippen molar-refractivity contribution >= 4 is 16.0 Å². The van der Waals surface area contributed by atoms with Gasteiger partial charge < -0.3 is 5.11 Å². The zero-order chi connectivity index (χ0) is 12.6. The van der Waals surface area contributed by atoms with Crippen LogP contribution in [0.1, 0.15) is 40.0 Å². The molecule has 2 N–H and O–H groups in total. The Labute approximate surface area is 96.3 Å². The number of carboxylic acids is 1. The lowest BCUT2D eigenvalue weighted by Gasteiger charge is -2.19. The van der Waals surface area contributed by atoms with E-state index in [2.05, 4.69) is 4.72 Å². The third-order valence-corrected chi connectivity index (χ3v) is 5.21. The zero-order valence-corrected chi connectivity index (χ0v) is 10.7. The first kappa shape index (κ1) is 13.4. The van der Waals surface area contributed by atoms with Crippen LogP contribution in [0.4, 0.5) is 0 Å². The standard InChI is InChI=1S/C10H19NO4S/c1-7(2)6-8(9(12)13)11-16(14,15)10(3)4-5-10/h7-8,11H,4-6H2,1-3H3,(H,12,13). The molecule has 0 spiro atoms. The van der Waals surface area contributed by atoms with Crippen molar-refractivity contribution in [2.45, 2.75) is 50.8 Å². The van der Waals surface area contributed by atoms with Gasteiger partial charge in [0, 0.05) is 0 Å². The normalized spacial score (nSPS) is 20.8. The number of hydrogen-bond donors (Lipinski definition) is 2. The highest BCUT2D eigenvalue weighted by Gasteiger charge is 2.51. The lowest BCUT2D eigenvalue weighted by atomic mass is 10.1. The average Bonchev–Trinajstić information content (AvgIpc) is 2.82. The summed E-state index contributed by atoms with van der Waals surface area (Å²) in [5, 5.41) is 8.94. The van der Waals surface area contributed by atoms with E-state index in [0.717, 1.165) is 0 Å². The molecule has 1 unspecified atom stereocenters. The number of hydrogen-bond acceptors (Lipinski definition) is 3. The first-order chi connectivity index (χ1) is 7.18. The van der Waals surface area contributed by atoms with Crippen molar-refractivity contribution in [3.05, 3.63) is 0 Å². The van der Waals surface area contributed by atoms with Crippen LogP contribution in [0, 0.1) is 5.92 Å². The Morgan fingerprint density at radius 2 is 1.94 bits per heavy atom. The van der Waals surface area contributed by atoms with Crippen LogP contribution in [0.15, 0.2) is 0 Å². The molecule has 1 aliphatic carbocycles. The van der Waals surface area contributed by atoms with Crippen molar-refractivity contribution in [1.29, 1.82) is 0 Å². The maximum Gasteiger partial charge on any atom is 0.321 e. The maximum atomic E-state index is 11.8. The fourth-order valence-electron chi connectivity index (χ4n) is 1.45. The molecule has 1 aliphatic rings. The third kappa shape index (κ3) is 2.95. The summed E-state index contributed by atoms with van der Waals surface area (Å²) in [6.45, 7) is 5.37. The van der Waals surface area contributed by atoms with Gasteiger partial charge in [-0.05, 0) is 32.1 Å². The van der Waals surface area contributed by atoms with Crippen molar-refractivity contribution < 1.29 is 18.3 Å². The minimum atomic E-state index is -3.51. The molecule has 16 heavy (non-hydrogen) atoms. The molecule has 94 valence electrons. The first-order valence-corrected chi connectivity index (χ1v) is 6.91. The van der Waals surface area contributed by atoms with E-state index in [0.29, 0.717) is 19.3 Å². The van der Waals surface area contributed by atoms with Crippen LogP contribution in [-0.4, -0.2) is 30.3 Å². The lowest BCUT2D eigenvalue weighted by Crippen LogP contribution is -2.45. The van der Waals surface area contributed by atoms with Gasteiger partial charge in [0.15, 0.2) is 0 Å². The monoisotopic (exact) mass is 249 g/mol. The molecule has 0 radical (unpaired) electrons. The molecule has 0 aromatic carbocycles. The van der Waals surface area contributed by atoms with Crippen molar-refractivity contribution in [2.75, 3.05) is 0 Å².